The standard InChI is InChI=1S/C15H24O5/c1-14(12(16)17,13(18)19-2)10-11-6-9-15(20-11)7-4-3-5-8-15/h11H,3-10H2,1-2H3,(H,16,17). The van der Waals surface area contributed by atoms with Gasteiger partial charge >= 0.3 is 11.9 Å². The summed E-state index contributed by atoms with van der Waals surface area (Å²) in [7, 11) is 1.22. The Balaban J connectivity index is 2.02. The molecule has 0 aromatic heterocycles. The second kappa shape index (κ2) is 5.72. The van der Waals surface area contributed by atoms with E-state index in [0.29, 0.717) is 0 Å². The first-order valence-corrected chi connectivity index (χ1v) is 7.41. The van der Waals surface area contributed by atoms with Gasteiger partial charge in [0.2, 0.25) is 0 Å². The minimum Gasteiger partial charge on any atom is -0.480 e. The third-order valence-corrected chi connectivity index (χ3v) is 4.85. The molecule has 5 nitrogen and oxygen atoms in total. The average Bonchev–Trinajstić information content (AvgIpc) is 2.80. The topological polar surface area (TPSA) is 72.8 Å². The maximum Gasteiger partial charge on any atom is 0.323 e. The fourth-order valence-electron chi connectivity index (χ4n) is 3.54. The lowest BCUT2D eigenvalue weighted by atomic mass is 9.82. The monoisotopic (exact) mass is 284 g/mol. The van der Waals surface area contributed by atoms with Gasteiger partial charge in [-0.2, -0.15) is 0 Å². The Morgan fingerprint density at radius 2 is 1.95 bits per heavy atom. The van der Waals surface area contributed by atoms with Crippen LogP contribution in [0.5, 0.6) is 0 Å². The van der Waals surface area contributed by atoms with E-state index in [9.17, 15) is 14.7 Å². The van der Waals surface area contributed by atoms with Crippen LogP contribution < -0.4 is 0 Å². The molecule has 114 valence electrons. The number of ether oxygens (including phenoxy) is 2. The van der Waals surface area contributed by atoms with E-state index in [1.807, 2.05) is 0 Å². The van der Waals surface area contributed by atoms with Gasteiger partial charge in [-0.15, -0.1) is 0 Å². The minimum absolute atomic E-state index is 0.0571. The van der Waals surface area contributed by atoms with E-state index in [2.05, 4.69) is 4.74 Å². The summed E-state index contributed by atoms with van der Waals surface area (Å²) < 4.78 is 10.8. The summed E-state index contributed by atoms with van der Waals surface area (Å²) in [6, 6.07) is 0. The van der Waals surface area contributed by atoms with Crippen LogP contribution in [0.4, 0.5) is 0 Å². The van der Waals surface area contributed by atoms with Crippen LogP contribution in [-0.4, -0.2) is 35.9 Å². The molecule has 2 unspecified atom stereocenters. The van der Waals surface area contributed by atoms with Gasteiger partial charge in [0.15, 0.2) is 5.41 Å². The summed E-state index contributed by atoms with van der Waals surface area (Å²) in [5.74, 6) is -1.84. The lowest BCUT2D eigenvalue weighted by Crippen LogP contribution is -2.41. The zero-order valence-corrected chi connectivity index (χ0v) is 12.3. The number of carboxylic acid groups (broad SMARTS) is 1. The predicted octanol–water partition coefficient (Wildman–Crippen LogP) is 2.52. The second-order valence-electron chi connectivity index (χ2n) is 6.36. The quantitative estimate of drug-likeness (QED) is 0.634. The van der Waals surface area contributed by atoms with E-state index in [1.165, 1.54) is 33.3 Å². The van der Waals surface area contributed by atoms with Crippen molar-refractivity contribution >= 4 is 11.9 Å². The lowest BCUT2D eigenvalue weighted by molar-refractivity contribution is -0.170. The summed E-state index contributed by atoms with van der Waals surface area (Å²) in [6.07, 6.45) is 7.58. The zero-order valence-electron chi connectivity index (χ0n) is 12.3. The summed E-state index contributed by atoms with van der Waals surface area (Å²) in [4.78, 5) is 23.2. The van der Waals surface area contributed by atoms with Crippen molar-refractivity contribution in [3.63, 3.8) is 0 Å². The molecule has 2 aliphatic rings. The molecule has 20 heavy (non-hydrogen) atoms. The van der Waals surface area contributed by atoms with Crippen LogP contribution in [0.2, 0.25) is 0 Å². The highest BCUT2D eigenvalue weighted by molar-refractivity contribution is 5.98. The van der Waals surface area contributed by atoms with E-state index in [-0.39, 0.29) is 18.1 Å². The van der Waals surface area contributed by atoms with Crippen molar-refractivity contribution in [2.75, 3.05) is 7.11 Å². The molecule has 1 saturated heterocycles. The Kier molecular flexibility index (Phi) is 4.37. The molecule has 1 heterocycles. The number of rotatable bonds is 4. The van der Waals surface area contributed by atoms with Gasteiger partial charge in [-0.25, -0.2) is 0 Å². The first-order valence-electron chi connectivity index (χ1n) is 7.41. The van der Waals surface area contributed by atoms with Crippen molar-refractivity contribution in [2.45, 2.75) is 70.0 Å². The number of hydrogen-bond donors (Lipinski definition) is 1. The number of carbonyl (C=O) groups is 2. The fraction of sp³-hybridized carbons (Fsp3) is 0.867. The Labute approximate surface area is 119 Å². The SMILES string of the molecule is COC(=O)C(C)(CC1CCC2(CCCCC2)O1)C(=O)O. The van der Waals surface area contributed by atoms with Crippen LogP contribution >= 0.6 is 0 Å². The second-order valence-corrected chi connectivity index (χ2v) is 6.36. The largest absolute Gasteiger partial charge is 0.480 e. The van der Waals surface area contributed by atoms with Gasteiger partial charge in [-0.05, 0) is 32.6 Å². The van der Waals surface area contributed by atoms with E-state index in [1.54, 1.807) is 0 Å². The van der Waals surface area contributed by atoms with Crippen LogP contribution in [-0.2, 0) is 19.1 Å². The number of hydrogen-bond acceptors (Lipinski definition) is 4. The van der Waals surface area contributed by atoms with Gasteiger partial charge in [0, 0.05) is 6.42 Å². The summed E-state index contributed by atoms with van der Waals surface area (Å²) in [5, 5.41) is 9.34. The van der Waals surface area contributed by atoms with Gasteiger partial charge in [0.25, 0.3) is 0 Å². The highest BCUT2D eigenvalue weighted by Crippen LogP contribution is 2.44. The smallest absolute Gasteiger partial charge is 0.323 e. The van der Waals surface area contributed by atoms with E-state index in [0.717, 1.165) is 25.7 Å². The molecule has 0 bridgehead atoms. The molecule has 1 spiro atoms. The molecule has 2 atom stereocenters. The van der Waals surface area contributed by atoms with Crippen molar-refractivity contribution < 1.29 is 24.2 Å². The van der Waals surface area contributed by atoms with Crippen molar-refractivity contribution in [1.29, 1.82) is 0 Å². The molecular formula is C15H24O5. The lowest BCUT2D eigenvalue weighted by Gasteiger charge is -2.34. The average molecular weight is 284 g/mol. The number of methoxy groups -OCH3 is 1. The summed E-state index contributed by atoms with van der Waals surface area (Å²) in [5.41, 5.74) is -1.57. The third-order valence-electron chi connectivity index (χ3n) is 4.85. The van der Waals surface area contributed by atoms with Crippen LogP contribution in [0.25, 0.3) is 0 Å². The zero-order chi connectivity index (χ0) is 14.8. The molecule has 0 radical (unpaired) electrons. The maximum absolute atomic E-state index is 11.8. The Bertz CT molecular complexity index is 386. The van der Waals surface area contributed by atoms with Gasteiger partial charge in [-0.1, -0.05) is 19.3 Å². The number of carbonyl (C=O) groups excluding carboxylic acids is 1. The number of aliphatic carboxylic acids is 1. The van der Waals surface area contributed by atoms with E-state index < -0.39 is 17.4 Å². The van der Waals surface area contributed by atoms with Gasteiger partial charge in [0.05, 0.1) is 18.8 Å². The van der Waals surface area contributed by atoms with Crippen LogP contribution in [0.15, 0.2) is 0 Å². The highest BCUT2D eigenvalue weighted by Gasteiger charge is 2.49. The summed E-state index contributed by atoms with van der Waals surface area (Å²) >= 11 is 0. The normalized spacial score (nSPS) is 28.0. The Hall–Kier alpha value is -1.10. The van der Waals surface area contributed by atoms with E-state index >= 15 is 0 Å². The maximum atomic E-state index is 11.8. The van der Waals surface area contributed by atoms with Gasteiger partial charge in [-0.3, -0.25) is 9.59 Å². The molecule has 2 rings (SSSR count). The van der Waals surface area contributed by atoms with Crippen LogP contribution in [0.1, 0.15) is 58.3 Å². The van der Waals surface area contributed by atoms with Crippen LogP contribution in [0, 0.1) is 5.41 Å². The molecule has 1 saturated carbocycles. The van der Waals surface area contributed by atoms with Gasteiger partial charge in [0.1, 0.15) is 0 Å². The predicted molar refractivity (Wildman–Crippen MR) is 72.3 cm³/mol. The number of carboxylic acids is 1. The van der Waals surface area contributed by atoms with Crippen molar-refractivity contribution in [3.05, 3.63) is 0 Å². The van der Waals surface area contributed by atoms with Crippen molar-refractivity contribution in [1.82, 2.24) is 0 Å². The fourth-order valence-corrected chi connectivity index (χ4v) is 3.54. The molecule has 1 aliphatic carbocycles. The first kappa shape index (κ1) is 15.3. The van der Waals surface area contributed by atoms with E-state index in [4.69, 9.17) is 4.74 Å². The minimum atomic E-state index is -1.51. The first-order chi connectivity index (χ1) is 9.42. The molecular weight excluding hydrogens is 260 g/mol. The number of esters is 1. The molecule has 0 aromatic carbocycles. The van der Waals surface area contributed by atoms with Crippen molar-refractivity contribution in [3.8, 4) is 0 Å². The molecule has 0 amide bonds. The third kappa shape index (κ3) is 2.82. The summed E-state index contributed by atoms with van der Waals surface area (Å²) in [6.45, 7) is 1.43. The molecule has 0 aromatic rings. The molecule has 2 fully saturated rings. The Morgan fingerprint density at radius 3 is 2.50 bits per heavy atom. The molecule has 1 aliphatic heterocycles. The Morgan fingerprint density at radius 1 is 1.30 bits per heavy atom. The van der Waals surface area contributed by atoms with Crippen LogP contribution in [0.3, 0.4) is 0 Å². The van der Waals surface area contributed by atoms with Gasteiger partial charge < -0.3 is 14.6 Å². The molecule has 5 heteroatoms. The highest BCUT2D eigenvalue weighted by atomic mass is 16.5. The van der Waals surface area contributed by atoms with Crippen molar-refractivity contribution in [2.24, 2.45) is 5.41 Å². The molecule has 1 N–H and O–H groups in total.